The zero-order chi connectivity index (χ0) is 18.9. The van der Waals surface area contributed by atoms with E-state index in [1.807, 2.05) is 44.2 Å². The lowest BCUT2D eigenvalue weighted by molar-refractivity contribution is -0.129. The lowest BCUT2D eigenvalue weighted by atomic mass is 10.0. The van der Waals surface area contributed by atoms with Crippen LogP contribution in [-0.2, 0) is 20.9 Å². The summed E-state index contributed by atoms with van der Waals surface area (Å²) in [6, 6.07) is 9.77. The molecule has 2 N–H and O–H groups in total. The first-order chi connectivity index (χ1) is 12.5. The minimum Gasteiger partial charge on any atom is -0.354 e. The van der Waals surface area contributed by atoms with Gasteiger partial charge in [0.05, 0.1) is 5.92 Å². The van der Waals surface area contributed by atoms with Gasteiger partial charge in [-0.05, 0) is 18.4 Å². The Hall–Kier alpha value is -2.37. The fourth-order valence-corrected chi connectivity index (χ4v) is 3.22. The third-order valence-electron chi connectivity index (χ3n) is 4.88. The number of benzene rings is 1. The van der Waals surface area contributed by atoms with Crippen LogP contribution in [0.25, 0.3) is 0 Å². The highest BCUT2D eigenvalue weighted by molar-refractivity contribution is 5.89. The first kappa shape index (κ1) is 19.9. The number of carbonyl (C=O) groups is 3. The Morgan fingerprint density at radius 3 is 2.42 bits per heavy atom. The van der Waals surface area contributed by atoms with Crippen LogP contribution in [0.15, 0.2) is 30.3 Å². The standard InChI is InChI=1S/C20H29N3O3/c1-3-16(4-2)19(25)21-10-11-22-20(26)17-12-18(24)23(14-17)13-15-8-6-5-7-9-15/h5-9,16-17H,3-4,10-14H2,1-2H3,(H,21,25)(H,22,26). The smallest absolute Gasteiger partial charge is 0.225 e. The second-order valence-corrected chi connectivity index (χ2v) is 6.76. The van der Waals surface area contributed by atoms with Gasteiger partial charge in [0, 0.05) is 38.5 Å². The van der Waals surface area contributed by atoms with Gasteiger partial charge in [-0.15, -0.1) is 0 Å². The number of nitrogens with zero attached hydrogens (tertiary/aromatic N) is 1. The molecule has 0 saturated carbocycles. The first-order valence-corrected chi connectivity index (χ1v) is 9.42. The van der Waals surface area contributed by atoms with Gasteiger partial charge in [0.15, 0.2) is 0 Å². The molecule has 26 heavy (non-hydrogen) atoms. The van der Waals surface area contributed by atoms with Crippen LogP contribution in [0.1, 0.15) is 38.7 Å². The third-order valence-corrected chi connectivity index (χ3v) is 4.88. The second-order valence-electron chi connectivity index (χ2n) is 6.76. The minimum atomic E-state index is -0.319. The van der Waals surface area contributed by atoms with Crippen molar-refractivity contribution in [3.8, 4) is 0 Å². The van der Waals surface area contributed by atoms with Crippen LogP contribution < -0.4 is 10.6 Å². The first-order valence-electron chi connectivity index (χ1n) is 9.42. The lowest BCUT2D eigenvalue weighted by Crippen LogP contribution is -2.39. The number of likely N-dealkylation sites (tertiary alicyclic amines) is 1. The Labute approximate surface area is 155 Å². The molecule has 1 atom stereocenters. The maximum atomic E-state index is 12.3. The molecule has 1 heterocycles. The van der Waals surface area contributed by atoms with E-state index < -0.39 is 0 Å². The van der Waals surface area contributed by atoms with Crippen molar-refractivity contribution >= 4 is 17.7 Å². The van der Waals surface area contributed by atoms with E-state index in [4.69, 9.17) is 0 Å². The molecule has 1 aliphatic rings. The summed E-state index contributed by atoms with van der Waals surface area (Å²) < 4.78 is 0. The molecule has 6 heteroatoms. The molecule has 1 aromatic carbocycles. The van der Waals surface area contributed by atoms with Gasteiger partial charge in [-0.3, -0.25) is 14.4 Å². The van der Waals surface area contributed by atoms with Gasteiger partial charge < -0.3 is 15.5 Å². The summed E-state index contributed by atoms with van der Waals surface area (Å²) in [5, 5.41) is 5.68. The number of carbonyl (C=O) groups excluding carboxylic acids is 3. The quantitative estimate of drug-likeness (QED) is 0.659. The fraction of sp³-hybridized carbons (Fsp3) is 0.550. The Morgan fingerprint density at radius 1 is 1.12 bits per heavy atom. The van der Waals surface area contributed by atoms with E-state index in [1.54, 1.807) is 4.90 Å². The van der Waals surface area contributed by atoms with E-state index in [1.165, 1.54) is 0 Å². The van der Waals surface area contributed by atoms with E-state index >= 15 is 0 Å². The van der Waals surface area contributed by atoms with E-state index in [0.717, 1.165) is 18.4 Å². The van der Waals surface area contributed by atoms with Crippen LogP contribution in [0.3, 0.4) is 0 Å². The molecule has 0 bridgehead atoms. The molecule has 1 saturated heterocycles. The van der Waals surface area contributed by atoms with Crippen molar-refractivity contribution in [3.63, 3.8) is 0 Å². The molecule has 2 rings (SSSR count). The normalized spacial score (nSPS) is 16.8. The van der Waals surface area contributed by atoms with E-state index in [0.29, 0.717) is 26.2 Å². The Bertz CT molecular complexity index is 614. The highest BCUT2D eigenvalue weighted by Gasteiger charge is 2.33. The zero-order valence-electron chi connectivity index (χ0n) is 15.7. The van der Waals surface area contributed by atoms with Gasteiger partial charge >= 0.3 is 0 Å². The summed E-state index contributed by atoms with van der Waals surface area (Å²) in [5.74, 6) is -0.360. The van der Waals surface area contributed by atoms with Crippen LogP contribution >= 0.6 is 0 Å². The Kier molecular flexibility index (Phi) is 7.63. The molecule has 1 aliphatic heterocycles. The summed E-state index contributed by atoms with van der Waals surface area (Å²) in [4.78, 5) is 38.0. The van der Waals surface area contributed by atoms with Crippen LogP contribution in [0.5, 0.6) is 0 Å². The maximum Gasteiger partial charge on any atom is 0.225 e. The number of rotatable bonds is 9. The van der Waals surface area contributed by atoms with E-state index in [2.05, 4.69) is 10.6 Å². The number of amides is 3. The predicted octanol–water partition coefficient (Wildman–Crippen LogP) is 1.70. The highest BCUT2D eigenvalue weighted by Crippen LogP contribution is 2.20. The molecule has 0 aromatic heterocycles. The lowest BCUT2D eigenvalue weighted by Gasteiger charge is -2.17. The minimum absolute atomic E-state index is 0.0102. The second kappa shape index (κ2) is 9.94. The molecule has 0 spiro atoms. The predicted molar refractivity (Wildman–Crippen MR) is 100 cm³/mol. The molecule has 6 nitrogen and oxygen atoms in total. The van der Waals surface area contributed by atoms with Crippen LogP contribution in [0, 0.1) is 11.8 Å². The number of nitrogens with one attached hydrogen (secondary N) is 2. The monoisotopic (exact) mass is 359 g/mol. The molecule has 1 fully saturated rings. The average molecular weight is 359 g/mol. The third kappa shape index (κ3) is 5.58. The van der Waals surface area contributed by atoms with Crippen molar-refractivity contribution in [1.29, 1.82) is 0 Å². The Morgan fingerprint density at radius 2 is 1.77 bits per heavy atom. The van der Waals surface area contributed by atoms with Crippen molar-refractivity contribution in [2.75, 3.05) is 19.6 Å². The SMILES string of the molecule is CCC(CC)C(=O)NCCNC(=O)C1CC(=O)N(Cc2ccccc2)C1. The van der Waals surface area contributed by atoms with E-state index in [9.17, 15) is 14.4 Å². The van der Waals surface area contributed by atoms with E-state index in [-0.39, 0.29) is 36.0 Å². The molecule has 1 unspecified atom stereocenters. The van der Waals surface area contributed by atoms with Gasteiger partial charge in [-0.2, -0.15) is 0 Å². The van der Waals surface area contributed by atoms with Gasteiger partial charge in [0.1, 0.15) is 0 Å². The molecular formula is C20H29N3O3. The summed E-state index contributed by atoms with van der Waals surface area (Å²) >= 11 is 0. The average Bonchev–Trinajstić information content (AvgIpc) is 3.01. The summed E-state index contributed by atoms with van der Waals surface area (Å²) in [5.41, 5.74) is 1.06. The maximum absolute atomic E-state index is 12.3. The molecule has 3 amide bonds. The summed E-state index contributed by atoms with van der Waals surface area (Å²) in [6.07, 6.45) is 1.88. The molecule has 1 aromatic rings. The van der Waals surface area contributed by atoms with Crippen LogP contribution in [0.4, 0.5) is 0 Å². The topological polar surface area (TPSA) is 78.5 Å². The van der Waals surface area contributed by atoms with Crippen LogP contribution in [0.2, 0.25) is 0 Å². The number of hydrogen-bond acceptors (Lipinski definition) is 3. The highest BCUT2D eigenvalue weighted by atomic mass is 16.2. The van der Waals surface area contributed by atoms with Gasteiger partial charge in [-0.25, -0.2) is 0 Å². The zero-order valence-corrected chi connectivity index (χ0v) is 15.7. The number of hydrogen-bond donors (Lipinski definition) is 2. The van der Waals surface area contributed by atoms with Gasteiger partial charge in [-0.1, -0.05) is 44.2 Å². The fourth-order valence-electron chi connectivity index (χ4n) is 3.22. The van der Waals surface area contributed by atoms with Gasteiger partial charge in [0.2, 0.25) is 17.7 Å². The van der Waals surface area contributed by atoms with Crippen molar-refractivity contribution in [2.45, 2.75) is 39.7 Å². The Balaban J connectivity index is 1.71. The van der Waals surface area contributed by atoms with Crippen molar-refractivity contribution in [3.05, 3.63) is 35.9 Å². The summed E-state index contributed by atoms with van der Waals surface area (Å²) in [6.45, 7) is 5.76. The molecule has 142 valence electrons. The van der Waals surface area contributed by atoms with Crippen molar-refractivity contribution < 1.29 is 14.4 Å². The molecular weight excluding hydrogens is 330 g/mol. The summed E-state index contributed by atoms with van der Waals surface area (Å²) in [7, 11) is 0. The molecule has 0 radical (unpaired) electrons. The molecule has 0 aliphatic carbocycles. The van der Waals surface area contributed by atoms with Crippen molar-refractivity contribution in [2.24, 2.45) is 11.8 Å². The van der Waals surface area contributed by atoms with Crippen molar-refractivity contribution in [1.82, 2.24) is 15.5 Å². The van der Waals surface area contributed by atoms with Crippen LogP contribution in [-0.4, -0.2) is 42.3 Å². The largest absolute Gasteiger partial charge is 0.354 e. The van der Waals surface area contributed by atoms with Gasteiger partial charge in [0.25, 0.3) is 0 Å².